The van der Waals surface area contributed by atoms with Crippen LogP contribution in [0.4, 0.5) is 4.39 Å². The van der Waals surface area contributed by atoms with Crippen LogP contribution in [0.25, 0.3) is 28.1 Å². The normalized spacial score (nSPS) is 13.9. The maximum Gasteiger partial charge on any atom is 0.350 e. The monoisotopic (exact) mass is 781 g/mol. The third kappa shape index (κ3) is 11.3. The molecule has 1 aliphatic carbocycles. The number of aromatic nitrogens is 1. The topological polar surface area (TPSA) is 143 Å². The molecular formula is C45H45ClFNO8. The Morgan fingerprint density at radius 3 is 2.11 bits per heavy atom. The van der Waals surface area contributed by atoms with Crippen LogP contribution in [-0.2, 0) is 14.3 Å². The second-order valence-corrected chi connectivity index (χ2v) is 14.9. The predicted molar refractivity (Wildman–Crippen MR) is 214 cm³/mol. The summed E-state index contributed by atoms with van der Waals surface area (Å²) in [6.45, 7) is 6.85. The lowest BCUT2D eigenvalue weighted by atomic mass is 9.92. The zero-order chi connectivity index (χ0) is 40.6. The Balaban J connectivity index is 0.000000220. The number of para-hydroxylation sites is 1. The fraction of sp³-hybridized carbons (Fsp3) is 0.289. The van der Waals surface area contributed by atoms with Gasteiger partial charge in [0.05, 0.1) is 35.9 Å². The third-order valence-electron chi connectivity index (χ3n) is 8.90. The van der Waals surface area contributed by atoms with E-state index < -0.39 is 36.2 Å². The molecule has 56 heavy (non-hydrogen) atoms. The van der Waals surface area contributed by atoms with Crippen LogP contribution in [0.5, 0.6) is 5.75 Å². The van der Waals surface area contributed by atoms with Gasteiger partial charge in [0, 0.05) is 45.0 Å². The number of hydrogen-bond donors (Lipinski definition) is 3. The van der Waals surface area contributed by atoms with E-state index in [2.05, 4.69) is 0 Å². The van der Waals surface area contributed by atoms with Crippen LogP contribution in [0.1, 0.15) is 86.5 Å². The molecule has 9 nitrogen and oxygen atoms in total. The molecule has 0 amide bonds. The molecule has 0 spiro atoms. The molecule has 1 saturated carbocycles. The van der Waals surface area contributed by atoms with Crippen molar-refractivity contribution in [1.29, 1.82) is 0 Å². The Morgan fingerprint density at radius 1 is 0.911 bits per heavy atom. The molecule has 3 N–H and O–H groups in total. The van der Waals surface area contributed by atoms with E-state index in [9.17, 15) is 29.0 Å². The van der Waals surface area contributed by atoms with E-state index in [0.29, 0.717) is 27.8 Å². The Bertz CT molecular complexity index is 2180. The minimum absolute atomic E-state index is 0.0749. The van der Waals surface area contributed by atoms with Crippen molar-refractivity contribution in [2.45, 2.75) is 83.2 Å². The van der Waals surface area contributed by atoms with Gasteiger partial charge >= 0.3 is 11.9 Å². The van der Waals surface area contributed by atoms with E-state index >= 15 is 0 Å². The van der Waals surface area contributed by atoms with E-state index in [1.54, 1.807) is 101 Å². The molecule has 0 aliphatic heterocycles. The zero-order valence-corrected chi connectivity index (χ0v) is 32.4. The standard InChI is InChI=1S/C25H24FNO4.C20H21ClO4/c26-17-9-7-15(8-10-17)24-20-3-1-2-4-22(20)27-25(16-5-6-16)21(24)12-11-18(28)13-19(29)14-23(30)31;1-13(2)24-19(23)20(3,4)25-17-11-7-15(8-12-17)18(22)14-5-9-16(21)10-6-14/h1-4,7-12,16,18-19,28-29H,5-6,13-14H2,(H,30,31);5-13H,1-4H3/b12-11+;/t18-,19-;/m1./s1. The van der Waals surface area contributed by atoms with Crippen molar-refractivity contribution in [1.82, 2.24) is 4.98 Å². The first-order valence-electron chi connectivity index (χ1n) is 18.4. The van der Waals surface area contributed by atoms with Crippen molar-refractivity contribution < 1.29 is 43.6 Å². The number of rotatable bonds is 14. The molecular weight excluding hydrogens is 737 g/mol. The molecule has 0 bridgehead atoms. The molecule has 1 fully saturated rings. The molecule has 1 heterocycles. The van der Waals surface area contributed by atoms with Gasteiger partial charge in [-0.15, -0.1) is 0 Å². The molecule has 6 rings (SSSR count). The van der Waals surface area contributed by atoms with Gasteiger partial charge in [0.25, 0.3) is 0 Å². The largest absolute Gasteiger partial charge is 0.481 e. The smallest absolute Gasteiger partial charge is 0.350 e. The number of ether oxygens (including phenoxy) is 2. The Labute approximate surface area is 330 Å². The van der Waals surface area contributed by atoms with Crippen LogP contribution in [0.3, 0.4) is 0 Å². The highest BCUT2D eigenvalue weighted by Crippen LogP contribution is 2.45. The summed E-state index contributed by atoms with van der Waals surface area (Å²) in [5.41, 5.74) is 4.39. The molecule has 0 saturated heterocycles. The minimum atomic E-state index is -1.13. The zero-order valence-electron chi connectivity index (χ0n) is 31.6. The number of carboxylic acids is 1. The molecule has 0 unspecified atom stereocenters. The number of carboxylic acid groups (broad SMARTS) is 1. The quantitative estimate of drug-likeness (QED) is 0.0742. The summed E-state index contributed by atoms with van der Waals surface area (Å²) in [6, 6.07) is 27.5. The number of carbonyl (C=O) groups excluding carboxylic acids is 2. The molecule has 2 atom stereocenters. The van der Waals surface area contributed by atoms with Crippen molar-refractivity contribution in [2.75, 3.05) is 0 Å². The van der Waals surface area contributed by atoms with Gasteiger partial charge in [0.2, 0.25) is 0 Å². The summed E-state index contributed by atoms with van der Waals surface area (Å²) in [7, 11) is 0. The molecule has 1 aliphatic rings. The Hall–Kier alpha value is -5.42. The van der Waals surface area contributed by atoms with Gasteiger partial charge < -0.3 is 24.8 Å². The third-order valence-corrected chi connectivity index (χ3v) is 9.15. The summed E-state index contributed by atoms with van der Waals surface area (Å²) in [4.78, 5) is 40.1. The number of aliphatic carboxylic acids is 1. The van der Waals surface area contributed by atoms with Crippen molar-refractivity contribution in [2.24, 2.45) is 0 Å². The van der Waals surface area contributed by atoms with Crippen LogP contribution >= 0.6 is 11.6 Å². The fourth-order valence-electron chi connectivity index (χ4n) is 5.99. The average molecular weight is 782 g/mol. The van der Waals surface area contributed by atoms with Gasteiger partial charge in [0.1, 0.15) is 11.6 Å². The van der Waals surface area contributed by atoms with Crippen LogP contribution in [0.2, 0.25) is 5.02 Å². The number of aliphatic hydroxyl groups excluding tert-OH is 2. The SMILES string of the molecule is CC(C)OC(=O)C(C)(C)Oc1ccc(C(=O)c2ccc(Cl)cc2)cc1.O=C(O)C[C@H](O)C[C@H](O)/C=C/c1c(C2CC2)nc2ccccc2c1-c1ccc(F)cc1. The maximum atomic E-state index is 13.6. The number of esters is 1. The van der Waals surface area contributed by atoms with Crippen molar-refractivity contribution >= 4 is 46.3 Å². The fourth-order valence-corrected chi connectivity index (χ4v) is 6.12. The number of halogens is 2. The first kappa shape index (κ1) is 41.7. The van der Waals surface area contributed by atoms with Gasteiger partial charge in [-0.05, 0) is 113 Å². The second kappa shape index (κ2) is 18.5. The number of aliphatic hydroxyl groups is 2. The average Bonchev–Trinajstić information content (AvgIpc) is 4.00. The van der Waals surface area contributed by atoms with Gasteiger partial charge in [-0.1, -0.05) is 54.1 Å². The highest BCUT2D eigenvalue weighted by atomic mass is 35.5. The summed E-state index contributed by atoms with van der Waals surface area (Å²) in [6.07, 6.45) is 2.59. The number of hydrogen-bond acceptors (Lipinski definition) is 8. The lowest BCUT2D eigenvalue weighted by Gasteiger charge is -2.25. The number of pyridine rings is 1. The molecule has 11 heteroatoms. The van der Waals surface area contributed by atoms with E-state index in [4.69, 9.17) is 31.2 Å². The number of benzene rings is 4. The van der Waals surface area contributed by atoms with E-state index in [1.807, 2.05) is 24.3 Å². The summed E-state index contributed by atoms with van der Waals surface area (Å²) < 4.78 is 24.5. The maximum absolute atomic E-state index is 13.6. The lowest BCUT2D eigenvalue weighted by Crippen LogP contribution is -2.40. The van der Waals surface area contributed by atoms with Crippen molar-refractivity contribution in [3.63, 3.8) is 0 Å². The summed E-state index contributed by atoms with van der Waals surface area (Å²) >= 11 is 5.84. The van der Waals surface area contributed by atoms with Gasteiger partial charge in [-0.2, -0.15) is 0 Å². The van der Waals surface area contributed by atoms with Crippen LogP contribution in [-0.4, -0.2) is 61.9 Å². The lowest BCUT2D eigenvalue weighted by molar-refractivity contribution is -0.163. The molecule has 292 valence electrons. The number of fused-ring (bicyclic) bond motifs is 1. The second-order valence-electron chi connectivity index (χ2n) is 14.4. The van der Waals surface area contributed by atoms with Gasteiger partial charge in [-0.25, -0.2) is 9.18 Å². The number of nitrogens with zero attached hydrogens (tertiary/aromatic N) is 1. The van der Waals surface area contributed by atoms with Crippen LogP contribution in [0, 0.1) is 5.82 Å². The first-order valence-corrected chi connectivity index (χ1v) is 18.7. The summed E-state index contributed by atoms with van der Waals surface area (Å²) in [5.74, 6) is -1.16. The molecule has 5 aromatic rings. The molecule has 1 aromatic heterocycles. The molecule has 4 aromatic carbocycles. The van der Waals surface area contributed by atoms with Gasteiger partial charge in [0.15, 0.2) is 11.4 Å². The number of carbonyl (C=O) groups is 3. The summed E-state index contributed by atoms with van der Waals surface area (Å²) in [5, 5.41) is 30.5. The van der Waals surface area contributed by atoms with Crippen molar-refractivity contribution in [3.05, 3.63) is 136 Å². The van der Waals surface area contributed by atoms with Crippen molar-refractivity contribution in [3.8, 4) is 16.9 Å². The van der Waals surface area contributed by atoms with E-state index in [-0.39, 0.29) is 24.1 Å². The number of ketones is 1. The Kier molecular flexibility index (Phi) is 13.8. The predicted octanol–water partition coefficient (Wildman–Crippen LogP) is 9.20. The van der Waals surface area contributed by atoms with E-state index in [0.717, 1.165) is 46.1 Å². The highest BCUT2D eigenvalue weighted by Gasteiger charge is 2.33. The van der Waals surface area contributed by atoms with Crippen LogP contribution < -0.4 is 4.74 Å². The van der Waals surface area contributed by atoms with Crippen LogP contribution in [0.15, 0.2) is 103 Å². The molecule has 0 radical (unpaired) electrons. The Morgan fingerprint density at radius 2 is 1.52 bits per heavy atom. The minimum Gasteiger partial charge on any atom is -0.481 e. The highest BCUT2D eigenvalue weighted by molar-refractivity contribution is 6.30. The van der Waals surface area contributed by atoms with Gasteiger partial charge in [-0.3, -0.25) is 14.6 Å². The van der Waals surface area contributed by atoms with E-state index in [1.165, 1.54) is 12.1 Å². The first-order chi connectivity index (χ1) is 26.6.